The van der Waals surface area contributed by atoms with Gasteiger partial charge in [0.25, 0.3) is 5.91 Å². The molecular formula is C22H25N5O. The summed E-state index contributed by atoms with van der Waals surface area (Å²) >= 11 is 0. The van der Waals surface area contributed by atoms with Crippen molar-refractivity contribution in [3.8, 4) is 11.3 Å². The number of nitrogens with zero attached hydrogens (tertiary/aromatic N) is 3. The van der Waals surface area contributed by atoms with E-state index in [0.29, 0.717) is 12.1 Å². The minimum absolute atomic E-state index is 0.0786. The van der Waals surface area contributed by atoms with Crippen LogP contribution in [-0.2, 0) is 6.54 Å². The largest absolute Gasteiger partial charge is 0.369 e. The van der Waals surface area contributed by atoms with E-state index in [1.54, 1.807) is 6.20 Å². The lowest BCUT2D eigenvalue weighted by molar-refractivity contribution is 0.0951. The topological polar surface area (TPSA) is 64.3 Å². The molecule has 4 rings (SSSR count). The van der Waals surface area contributed by atoms with Gasteiger partial charge in [-0.3, -0.25) is 9.89 Å². The highest BCUT2D eigenvalue weighted by Crippen LogP contribution is 2.21. The highest BCUT2D eigenvalue weighted by atomic mass is 16.1. The fraction of sp³-hybridized carbons (Fsp3) is 0.273. The Hall–Kier alpha value is -3.12. The van der Waals surface area contributed by atoms with Gasteiger partial charge in [0.05, 0.1) is 11.9 Å². The first kappa shape index (κ1) is 18.3. The highest BCUT2D eigenvalue weighted by molar-refractivity contribution is 5.94. The van der Waals surface area contributed by atoms with Crippen molar-refractivity contribution in [3.05, 3.63) is 71.9 Å². The molecule has 0 saturated carbocycles. The van der Waals surface area contributed by atoms with E-state index in [0.717, 1.165) is 43.0 Å². The Bertz CT molecular complexity index is 912. The summed E-state index contributed by atoms with van der Waals surface area (Å²) in [7, 11) is 2.15. The van der Waals surface area contributed by atoms with Crippen molar-refractivity contribution in [2.24, 2.45) is 0 Å². The average Bonchev–Trinajstić information content (AvgIpc) is 3.22. The summed E-state index contributed by atoms with van der Waals surface area (Å²) in [5.41, 5.74) is 4.80. The zero-order chi connectivity index (χ0) is 19.3. The number of anilines is 1. The molecule has 3 aromatic rings. The predicted molar refractivity (Wildman–Crippen MR) is 111 cm³/mol. The van der Waals surface area contributed by atoms with Crippen molar-refractivity contribution in [3.63, 3.8) is 0 Å². The van der Waals surface area contributed by atoms with Crippen LogP contribution in [0.15, 0.2) is 60.8 Å². The summed E-state index contributed by atoms with van der Waals surface area (Å²) in [5.74, 6) is -0.0786. The van der Waals surface area contributed by atoms with Crippen LogP contribution in [0.3, 0.4) is 0 Å². The first-order valence-corrected chi connectivity index (χ1v) is 9.60. The van der Waals surface area contributed by atoms with Crippen molar-refractivity contribution < 1.29 is 4.79 Å². The fourth-order valence-electron chi connectivity index (χ4n) is 3.47. The maximum atomic E-state index is 12.6. The molecule has 2 heterocycles. The molecule has 0 unspecified atom stereocenters. The third kappa shape index (κ3) is 4.07. The Morgan fingerprint density at radius 1 is 1.04 bits per heavy atom. The van der Waals surface area contributed by atoms with Crippen LogP contribution in [0.25, 0.3) is 11.3 Å². The van der Waals surface area contributed by atoms with Crippen molar-refractivity contribution in [1.82, 2.24) is 20.4 Å². The van der Waals surface area contributed by atoms with Gasteiger partial charge in [0.15, 0.2) is 0 Å². The Labute approximate surface area is 165 Å². The molecule has 1 aliphatic rings. The van der Waals surface area contributed by atoms with E-state index in [1.165, 1.54) is 5.69 Å². The number of carbonyl (C=O) groups is 1. The second kappa shape index (κ2) is 8.27. The molecule has 1 fully saturated rings. The summed E-state index contributed by atoms with van der Waals surface area (Å²) in [6.45, 7) is 4.60. The number of nitrogens with one attached hydrogen (secondary N) is 2. The second-order valence-electron chi connectivity index (χ2n) is 7.16. The number of piperazine rings is 1. The van der Waals surface area contributed by atoms with Gasteiger partial charge in [0, 0.05) is 49.5 Å². The zero-order valence-electron chi connectivity index (χ0n) is 16.1. The number of hydrogen-bond acceptors (Lipinski definition) is 4. The van der Waals surface area contributed by atoms with Crippen LogP contribution in [0.1, 0.15) is 15.9 Å². The minimum atomic E-state index is -0.0786. The molecule has 144 valence electrons. The van der Waals surface area contributed by atoms with Gasteiger partial charge in [0.2, 0.25) is 0 Å². The van der Waals surface area contributed by atoms with Crippen LogP contribution in [-0.4, -0.2) is 54.2 Å². The second-order valence-corrected chi connectivity index (χ2v) is 7.16. The quantitative estimate of drug-likeness (QED) is 0.720. The molecule has 6 nitrogen and oxygen atoms in total. The highest BCUT2D eigenvalue weighted by Gasteiger charge is 2.15. The lowest BCUT2D eigenvalue weighted by atomic mass is 10.1. The molecule has 1 aliphatic heterocycles. The SMILES string of the molecule is CN1CCN(c2ccc(C(=O)NCc3cn[nH]c3-c3ccccc3)cc2)CC1. The fourth-order valence-corrected chi connectivity index (χ4v) is 3.47. The number of hydrogen-bond donors (Lipinski definition) is 2. The number of H-pyrrole nitrogens is 1. The minimum Gasteiger partial charge on any atom is -0.369 e. The summed E-state index contributed by atoms with van der Waals surface area (Å²) < 4.78 is 0. The van der Waals surface area contributed by atoms with Crippen LogP contribution in [0.2, 0.25) is 0 Å². The van der Waals surface area contributed by atoms with Gasteiger partial charge in [-0.2, -0.15) is 5.10 Å². The molecule has 1 aromatic heterocycles. The third-order valence-corrected chi connectivity index (χ3v) is 5.22. The first-order chi connectivity index (χ1) is 13.7. The van der Waals surface area contributed by atoms with Gasteiger partial charge in [0.1, 0.15) is 0 Å². The van der Waals surface area contributed by atoms with Crippen molar-refractivity contribution in [1.29, 1.82) is 0 Å². The van der Waals surface area contributed by atoms with E-state index >= 15 is 0 Å². The average molecular weight is 375 g/mol. The number of amides is 1. The van der Waals surface area contributed by atoms with Gasteiger partial charge >= 0.3 is 0 Å². The standard InChI is InChI=1S/C22H25N5O/c1-26-11-13-27(14-12-26)20-9-7-18(8-10-20)22(28)23-15-19-16-24-25-21(19)17-5-3-2-4-6-17/h2-10,16H,11-15H2,1H3,(H,23,28)(H,24,25). The van der Waals surface area contributed by atoms with Gasteiger partial charge in [-0.05, 0) is 36.9 Å². The van der Waals surface area contributed by atoms with E-state index in [9.17, 15) is 4.79 Å². The number of rotatable bonds is 5. The molecule has 0 atom stereocenters. The van der Waals surface area contributed by atoms with E-state index in [1.807, 2.05) is 54.6 Å². The third-order valence-electron chi connectivity index (χ3n) is 5.22. The first-order valence-electron chi connectivity index (χ1n) is 9.60. The molecule has 1 amide bonds. The molecule has 0 spiro atoms. The van der Waals surface area contributed by atoms with E-state index in [-0.39, 0.29) is 5.91 Å². The molecule has 2 aromatic carbocycles. The number of aromatic nitrogens is 2. The van der Waals surface area contributed by atoms with E-state index < -0.39 is 0 Å². The lowest BCUT2D eigenvalue weighted by Gasteiger charge is -2.34. The van der Waals surface area contributed by atoms with E-state index in [4.69, 9.17) is 0 Å². The summed E-state index contributed by atoms with van der Waals surface area (Å²) in [6.07, 6.45) is 1.76. The van der Waals surface area contributed by atoms with Crippen molar-refractivity contribution >= 4 is 11.6 Å². The maximum absolute atomic E-state index is 12.6. The smallest absolute Gasteiger partial charge is 0.251 e. The molecule has 0 radical (unpaired) electrons. The summed E-state index contributed by atoms with van der Waals surface area (Å²) in [4.78, 5) is 17.2. The van der Waals surface area contributed by atoms with Crippen LogP contribution in [0.5, 0.6) is 0 Å². The van der Waals surface area contributed by atoms with Crippen LogP contribution in [0.4, 0.5) is 5.69 Å². The van der Waals surface area contributed by atoms with Crippen molar-refractivity contribution in [2.45, 2.75) is 6.54 Å². The molecule has 6 heteroatoms. The summed E-state index contributed by atoms with van der Waals surface area (Å²) in [6, 6.07) is 17.9. The Balaban J connectivity index is 1.38. The number of aromatic amines is 1. The van der Waals surface area contributed by atoms with E-state index in [2.05, 4.69) is 32.4 Å². The number of carbonyl (C=O) groups excluding carboxylic acids is 1. The molecule has 0 bridgehead atoms. The monoisotopic (exact) mass is 375 g/mol. The van der Waals surface area contributed by atoms with Gasteiger partial charge in [-0.25, -0.2) is 0 Å². The Morgan fingerprint density at radius 2 is 1.75 bits per heavy atom. The van der Waals surface area contributed by atoms with Crippen LogP contribution < -0.4 is 10.2 Å². The molecule has 28 heavy (non-hydrogen) atoms. The Kier molecular flexibility index (Phi) is 5.39. The van der Waals surface area contributed by atoms with Gasteiger partial charge < -0.3 is 15.1 Å². The van der Waals surface area contributed by atoms with Crippen molar-refractivity contribution in [2.75, 3.05) is 38.1 Å². The number of likely N-dealkylation sites (N-methyl/N-ethyl adjacent to an activating group) is 1. The van der Waals surface area contributed by atoms with Gasteiger partial charge in [-0.15, -0.1) is 0 Å². The molecule has 2 N–H and O–H groups in total. The zero-order valence-corrected chi connectivity index (χ0v) is 16.1. The molecule has 0 aliphatic carbocycles. The maximum Gasteiger partial charge on any atom is 0.251 e. The normalized spacial score (nSPS) is 14.8. The predicted octanol–water partition coefficient (Wildman–Crippen LogP) is 2.76. The summed E-state index contributed by atoms with van der Waals surface area (Å²) in [5, 5.41) is 10.2. The van der Waals surface area contributed by atoms with Gasteiger partial charge in [-0.1, -0.05) is 30.3 Å². The molecule has 1 saturated heterocycles. The van der Waals surface area contributed by atoms with Crippen LogP contribution >= 0.6 is 0 Å². The Morgan fingerprint density at radius 3 is 2.46 bits per heavy atom. The lowest BCUT2D eigenvalue weighted by Crippen LogP contribution is -2.44. The van der Waals surface area contributed by atoms with Crippen LogP contribution in [0, 0.1) is 0 Å². The number of benzene rings is 2. The molecular weight excluding hydrogens is 350 g/mol.